The van der Waals surface area contributed by atoms with E-state index >= 15 is 0 Å². The van der Waals surface area contributed by atoms with Crippen LogP contribution in [0.2, 0.25) is 0 Å². The van der Waals surface area contributed by atoms with Gasteiger partial charge in [-0.1, -0.05) is 59.8 Å². The molecular weight excluding hydrogens is 697 g/mol. The second kappa shape index (κ2) is 17.7. The van der Waals surface area contributed by atoms with Crippen molar-refractivity contribution >= 4 is 17.8 Å². The number of imidazole rings is 2. The van der Waals surface area contributed by atoms with Crippen LogP contribution in [0.25, 0.3) is 11.1 Å². The standard InChI is InChI=1S/C41H48N10O4/c1-26-19-32(54-4)20-27(2)33(26)23-35(46-38(52)34(42)11-8-17-51-18-16-44-41(51)43)39(53)47-36(22-31-24-50(3)25-45-31)40-48-37(49-55-40)21-28-12-14-30(15-13-28)29-9-6-5-7-10-29/h5-7,9-10,12-16,18-20,24-25,34-36H,8,11,17,21-23,42H2,1-4H3,(H2,43,44)(H,46,52)(H,47,53)/t34?,35?,36-/m0/s1. The van der Waals surface area contributed by atoms with Gasteiger partial charge in [-0.15, -0.1) is 0 Å². The first kappa shape index (κ1) is 38.4. The van der Waals surface area contributed by atoms with Crippen LogP contribution in [0.15, 0.2) is 96.2 Å². The molecule has 0 radical (unpaired) electrons. The Morgan fingerprint density at radius 2 is 1.67 bits per heavy atom. The largest absolute Gasteiger partial charge is 0.497 e. The number of rotatable bonds is 17. The van der Waals surface area contributed by atoms with Gasteiger partial charge >= 0.3 is 0 Å². The number of amides is 2. The maximum Gasteiger partial charge on any atom is 0.249 e. The normalized spacial score (nSPS) is 12.9. The number of methoxy groups -OCH3 is 1. The molecule has 14 nitrogen and oxygen atoms in total. The summed E-state index contributed by atoms with van der Waals surface area (Å²) < 4.78 is 14.9. The van der Waals surface area contributed by atoms with E-state index in [2.05, 4.69) is 50.0 Å². The van der Waals surface area contributed by atoms with Crippen LogP contribution in [0.3, 0.4) is 0 Å². The fraction of sp³-hybridized carbons (Fsp3) is 0.317. The molecule has 0 spiro atoms. The van der Waals surface area contributed by atoms with Crippen LogP contribution in [-0.2, 0) is 42.4 Å². The third-order valence-electron chi connectivity index (χ3n) is 9.64. The number of carbonyl (C=O) groups excluding carboxylic acids is 2. The SMILES string of the molecule is COc1cc(C)c(CC(NC(=O)C(N)CCCn2ccnc2N)C(=O)N[C@@H](Cc2cn(C)cn2)c2nc(Cc3ccc(-c4ccccc4)cc3)no2)c(C)c1. The Labute approximate surface area is 320 Å². The molecule has 6 N–H and O–H groups in total. The first-order valence-electron chi connectivity index (χ1n) is 18.3. The van der Waals surface area contributed by atoms with Gasteiger partial charge in [0.15, 0.2) is 11.8 Å². The number of benzene rings is 3. The molecule has 286 valence electrons. The van der Waals surface area contributed by atoms with Crippen molar-refractivity contribution in [1.29, 1.82) is 0 Å². The molecule has 0 aliphatic heterocycles. The molecule has 3 aromatic heterocycles. The van der Waals surface area contributed by atoms with Gasteiger partial charge in [-0.2, -0.15) is 4.98 Å². The molecule has 0 aliphatic carbocycles. The fourth-order valence-electron chi connectivity index (χ4n) is 6.59. The van der Waals surface area contributed by atoms with E-state index in [1.807, 2.05) is 74.1 Å². The van der Waals surface area contributed by atoms with Crippen molar-refractivity contribution in [3.8, 4) is 16.9 Å². The third-order valence-corrected chi connectivity index (χ3v) is 9.64. The summed E-state index contributed by atoms with van der Waals surface area (Å²) in [6.45, 7) is 4.46. The monoisotopic (exact) mass is 744 g/mol. The van der Waals surface area contributed by atoms with Crippen molar-refractivity contribution in [3.05, 3.63) is 131 Å². The minimum Gasteiger partial charge on any atom is -0.497 e. The Balaban J connectivity index is 1.21. The van der Waals surface area contributed by atoms with E-state index in [9.17, 15) is 9.59 Å². The van der Waals surface area contributed by atoms with Gasteiger partial charge in [0.1, 0.15) is 17.8 Å². The molecule has 3 heterocycles. The van der Waals surface area contributed by atoms with Gasteiger partial charge in [0.25, 0.3) is 0 Å². The lowest BCUT2D eigenvalue weighted by atomic mass is 9.95. The van der Waals surface area contributed by atoms with Crippen LogP contribution < -0.4 is 26.8 Å². The van der Waals surface area contributed by atoms with E-state index in [1.165, 1.54) is 0 Å². The Bertz CT molecular complexity index is 2170. The number of nitrogens with two attached hydrogens (primary N) is 2. The number of aryl methyl sites for hydroxylation is 4. The van der Waals surface area contributed by atoms with Crippen molar-refractivity contribution in [2.75, 3.05) is 12.8 Å². The molecule has 6 rings (SSSR count). The summed E-state index contributed by atoms with van der Waals surface area (Å²) in [5.41, 5.74) is 19.0. The molecule has 0 fully saturated rings. The van der Waals surface area contributed by atoms with Crippen LogP contribution in [-0.4, -0.2) is 60.3 Å². The Hall–Kier alpha value is -6.28. The molecule has 55 heavy (non-hydrogen) atoms. The molecule has 0 bridgehead atoms. The van der Waals surface area contributed by atoms with Gasteiger partial charge in [0.05, 0.1) is 25.2 Å². The average Bonchev–Trinajstić information content (AvgIpc) is 3.94. The maximum atomic E-state index is 14.4. The number of nitrogens with zero attached hydrogens (tertiary/aromatic N) is 6. The van der Waals surface area contributed by atoms with Crippen molar-refractivity contribution in [2.45, 2.75) is 70.6 Å². The van der Waals surface area contributed by atoms with Crippen LogP contribution in [0.1, 0.15) is 58.5 Å². The summed E-state index contributed by atoms with van der Waals surface area (Å²) in [4.78, 5) is 41.2. The molecule has 0 saturated carbocycles. The van der Waals surface area contributed by atoms with E-state index in [1.54, 1.807) is 30.4 Å². The quantitative estimate of drug-likeness (QED) is 0.104. The second-order valence-corrected chi connectivity index (χ2v) is 13.8. The van der Waals surface area contributed by atoms with Gasteiger partial charge in [0, 0.05) is 51.4 Å². The summed E-state index contributed by atoms with van der Waals surface area (Å²) in [5.74, 6) is 0.929. The van der Waals surface area contributed by atoms with Crippen LogP contribution in [0.4, 0.5) is 5.95 Å². The van der Waals surface area contributed by atoms with E-state index in [0.717, 1.165) is 33.4 Å². The molecule has 2 unspecified atom stereocenters. The number of ether oxygens (including phenoxy) is 1. The van der Waals surface area contributed by atoms with Crippen molar-refractivity contribution in [3.63, 3.8) is 0 Å². The molecule has 0 saturated heterocycles. The van der Waals surface area contributed by atoms with Crippen LogP contribution in [0, 0.1) is 13.8 Å². The second-order valence-electron chi connectivity index (χ2n) is 13.8. The Kier molecular flexibility index (Phi) is 12.4. The number of nitrogen functional groups attached to an aromatic ring is 1. The first-order valence-corrected chi connectivity index (χ1v) is 18.3. The van der Waals surface area contributed by atoms with Gasteiger partial charge in [-0.25, -0.2) is 9.97 Å². The molecule has 14 heteroatoms. The summed E-state index contributed by atoms with van der Waals surface area (Å²) in [6, 6.07) is 19.6. The highest BCUT2D eigenvalue weighted by Gasteiger charge is 2.30. The van der Waals surface area contributed by atoms with E-state index in [4.69, 9.17) is 25.7 Å². The van der Waals surface area contributed by atoms with E-state index in [-0.39, 0.29) is 18.7 Å². The van der Waals surface area contributed by atoms with Gasteiger partial charge in [-0.3, -0.25) is 9.59 Å². The minimum atomic E-state index is -0.981. The summed E-state index contributed by atoms with van der Waals surface area (Å²) in [5, 5.41) is 10.3. The number of hydrogen-bond acceptors (Lipinski definition) is 10. The number of nitrogens with one attached hydrogen (secondary N) is 2. The number of anilines is 1. The smallest absolute Gasteiger partial charge is 0.249 e. The van der Waals surface area contributed by atoms with Gasteiger partial charge < -0.3 is 40.5 Å². The highest BCUT2D eigenvalue weighted by molar-refractivity contribution is 5.90. The Morgan fingerprint density at radius 3 is 2.33 bits per heavy atom. The van der Waals surface area contributed by atoms with Crippen LogP contribution in [0.5, 0.6) is 5.75 Å². The fourth-order valence-corrected chi connectivity index (χ4v) is 6.59. The van der Waals surface area contributed by atoms with Gasteiger partial charge in [-0.05, 0) is 72.2 Å². The minimum absolute atomic E-state index is 0.210. The summed E-state index contributed by atoms with van der Waals surface area (Å²) in [6.07, 6.45) is 8.83. The summed E-state index contributed by atoms with van der Waals surface area (Å²) >= 11 is 0. The predicted molar refractivity (Wildman–Crippen MR) is 209 cm³/mol. The lowest BCUT2D eigenvalue weighted by molar-refractivity contribution is -0.130. The molecule has 6 aromatic rings. The molecule has 3 atom stereocenters. The lowest BCUT2D eigenvalue weighted by Crippen LogP contribution is -2.53. The zero-order valence-electron chi connectivity index (χ0n) is 31.6. The molecular formula is C41H48N10O4. The summed E-state index contributed by atoms with van der Waals surface area (Å²) in [7, 11) is 3.48. The topological polar surface area (TPSA) is 194 Å². The Morgan fingerprint density at radius 1 is 0.945 bits per heavy atom. The zero-order chi connectivity index (χ0) is 38.9. The third kappa shape index (κ3) is 10.0. The highest BCUT2D eigenvalue weighted by atomic mass is 16.5. The van der Waals surface area contributed by atoms with Gasteiger partial charge in [0.2, 0.25) is 17.7 Å². The van der Waals surface area contributed by atoms with Crippen molar-refractivity contribution in [1.82, 2.24) is 39.9 Å². The molecule has 3 aromatic carbocycles. The number of carbonyl (C=O) groups is 2. The van der Waals surface area contributed by atoms with E-state index in [0.29, 0.717) is 49.0 Å². The lowest BCUT2D eigenvalue weighted by Gasteiger charge is -2.24. The number of aromatic nitrogens is 6. The predicted octanol–water partition coefficient (Wildman–Crippen LogP) is 4.40. The van der Waals surface area contributed by atoms with Crippen LogP contribution >= 0.6 is 0 Å². The first-order chi connectivity index (χ1) is 26.6. The zero-order valence-corrected chi connectivity index (χ0v) is 31.6. The molecule has 2 amide bonds. The highest BCUT2D eigenvalue weighted by Crippen LogP contribution is 2.25. The maximum absolute atomic E-state index is 14.4. The molecule has 0 aliphatic rings. The number of hydrogen-bond donors (Lipinski definition) is 4. The van der Waals surface area contributed by atoms with Crippen molar-refractivity contribution in [2.24, 2.45) is 12.8 Å². The average molecular weight is 745 g/mol. The van der Waals surface area contributed by atoms with Crippen molar-refractivity contribution < 1.29 is 18.8 Å². The van der Waals surface area contributed by atoms with E-state index < -0.39 is 29.9 Å².